The Bertz CT molecular complexity index is 1030. The molecule has 1 amide bonds. The molecule has 10 heteroatoms. The van der Waals surface area contributed by atoms with Crippen LogP contribution in [0.15, 0.2) is 36.7 Å². The summed E-state index contributed by atoms with van der Waals surface area (Å²) in [6, 6.07) is 8.00. The molecule has 0 saturated carbocycles. The highest BCUT2D eigenvalue weighted by molar-refractivity contribution is 5.90. The Kier molecular flexibility index (Phi) is 8.60. The summed E-state index contributed by atoms with van der Waals surface area (Å²) in [7, 11) is 0. The Morgan fingerprint density at radius 1 is 1.11 bits per heavy atom. The minimum Gasteiger partial charge on any atom is -0.444 e. The van der Waals surface area contributed by atoms with E-state index in [9.17, 15) is 4.79 Å². The van der Waals surface area contributed by atoms with E-state index >= 15 is 0 Å². The predicted molar refractivity (Wildman–Crippen MR) is 145 cm³/mol. The standard InChI is InChI=1S/C26H40N8O2/c1-18(2)34(23-19(3)9-8-12-28-23)20(4)30-24(27)31-22-11-10-21(17-29-22)32-13-15-33(16-14-32)25(35)36-26(5,6)7/h8-12,17-18,20H,13-16H2,1-7H3,(H3,27,29,30,31). The molecule has 2 aromatic rings. The van der Waals surface area contributed by atoms with Crippen LogP contribution >= 0.6 is 0 Å². The topological polar surface area (TPSA) is 110 Å². The molecule has 0 bridgehead atoms. The van der Waals surface area contributed by atoms with Crippen LogP contribution in [-0.4, -0.2) is 70.9 Å². The zero-order chi connectivity index (χ0) is 26.5. The van der Waals surface area contributed by atoms with Gasteiger partial charge in [-0.2, -0.15) is 0 Å². The number of pyridine rings is 2. The van der Waals surface area contributed by atoms with Crippen molar-refractivity contribution in [1.82, 2.24) is 20.2 Å². The van der Waals surface area contributed by atoms with Crippen LogP contribution < -0.4 is 20.4 Å². The van der Waals surface area contributed by atoms with Crippen molar-refractivity contribution in [3.8, 4) is 0 Å². The zero-order valence-electron chi connectivity index (χ0n) is 22.5. The normalized spacial score (nSPS) is 14.9. The van der Waals surface area contributed by atoms with Gasteiger partial charge >= 0.3 is 6.09 Å². The van der Waals surface area contributed by atoms with E-state index in [1.807, 2.05) is 58.9 Å². The molecule has 1 saturated heterocycles. The predicted octanol–water partition coefficient (Wildman–Crippen LogP) is 4.04. The van der Waals surface area contributed by atoms with Crippen molar-refractivity contribution < 1.29 is 9.53 Å². The summed E-state index contributed by atoms with van der Waals surface area (Å²) in [4.78, 5) is 27.4. The summed E-state index contributed by atoms with van der Waals surface area (Å²) in [5, 5.41) is 14.6. The van der Waals surface area contributed by atoms with Gasteiger partial charge in [-0.05, 0) is 72.2 Å². The average molecular weight is 497 g/mol. The van der Waals surface area contributed by atoms with Gasteiger partial charge in [-0.25, -0.2) is 14.8 Å². The molecule has 0 radical (unpaired) electrons. The van der Waals surface area contributed by atoms with Gasteiger partial charge in [0.25, 0.3) is 0 Å². The first-order chi connectivity index (χ1) is 16.9. The summed E-state index contributed by atoms with van der Waals surface area (Å²) in [6.07, 6.45) is 3.16. The molecule has 0 spiro atoms. The molecular weight excluding hydrogens is 456 g/mol. The molecule has 196 valence electrons. The van der Waals surface area contributed by atoms with Crippen LogP contribution in [0.25, 0.3) is 0 Å². The number of anilines is 3. The lowest BCUT2D eigenvalue weighted by Gasteiger charge is -2.36. The molecule has 3 rings (SSSR count). The van der Waals surface area contributed by atoms with Gasteiger partial charge in [-0.15, -0.1) is 0 Å². The van der Waals surface area contributed by atoms with Crippen LogP contribution in [0, 0.1) is 12.3 Å². The second-order valence-electron chi connectivity index (χ2n) is 10.3. The summed E-state index contributed by atoms with van der Waals surface area (Å²) < 4.78 is 5.47. The third kappa shape index (κ3) is 7.22. The van der Waals surface area contributed by atoms with E-state index in [4.69, 9.17) is 10.1 Å². The Labute approximate surface area is 214 Å². The van der Waals surface area contributed by atoms with Gasteiger partial charge < -0.3 is 30.1 Å². The maximum atomic E-state index is 12.3. The summed E-state index contributed by atoms with van der Waals surface area (Å²) in [5.74, 6) is 1.64. The maximum Gasteiger partial charge on any atom is 0.410 e. The average Bonchev–Trinajstić information content (AvgIpc) is 2.80. The first-order valence-electron chi connectivity index (χ1n) is 12.5. The van der Waals surface area contributed by atoms with Crippen molar-refractivity contribution in [2.24, 2.45) is 0 Å². The highest BCUT2D eigenvalue weighted by atomic mass is 16.6. The molecule has 2 aromatic heterocycles. The molecule has 1 aliphatic heterocycles. The largest absolute Gasteiger partial charge is 0.444 e. The second-order valence-corrected chi connectivity index (χ2v) is 10.3. The summed E-state index contributed by atoms with van der Waals surface area (Å²) >= 11 is 0. The van der Waals surface area contributed by atoms with E-state index < -0.39 is 5.60 Å². The third-order valence-corrected chi connectivity index (χ3v) is 5.85. The number of piperazine rings is 1. The molecule has 1 unspecified atom stereocenters. The van der Waals surface area contributed by atoms with Gasteiger partial charge in [0, 0.05) is 38.4 Å². The second kappa shape index (κ2) is 11.5. The zero-order valence-corrected chi connectivity index (χ0v) is 22.5. The van der Waals surface area contributed by atoms with E-state index in [1.165, 1.54) is 0 Å². The Balaban J connectivity index is 1.53. The lowest BCUT2D eigenvalue weighted by atomic mass is 10.2. The highest BCUT2D eigenvalue weighted by Gasteiger charge is 2.26. The minimum absolute atomic E-state index is 0.154. The van der Waals surface area contributed by atoms with Gasteiger partial charge in [-0.1, -0.05) is 6.07 Å². The molecule has 10 nitrogen and oxygen atoms in total. The fraction of sp³-hybridized carbons (Fsp3) is 0.538. The van der Waals surface area contributed by atoms with Crippen molar-refractivity contribution in [2.45, 2.75) is 66.3 Å². The number of carbonyl (C=O) groups excluding carboxylic acids is 1. The number of guanidine groups is 1. The quantitative estimate of drug-likeness (QED) is 0.312. The number of carbonyl (C=O) groups is 1. The van der Waals surface area contributed by atoms with E-state index in [0.29, 0.717) is 32.0 Å². The maximum absolute atomic E-state index is 12.3. The van der Waals surface area contributed by atoms with E-state index in [-0.39, 0.29) is 24.3 Å². The van der Waals surface area contributed by atoms with Gasteiger partial charge in [0.05, 0.1) is 11.9 Å². The molecule has 1 fully saturated rings. The summed E-state index contributed by atoms with van der Waals surface area (Å²) in [5.41, 5.74) is 1.57. The van der Waals surface area contributed by atoms with Crippen LogP contribution in [0.2, 0.25) is 0 Å². The monoisotopic (exact) mass is 496 g/mol. The molecule has 1 aliphatic rings. The van der Waals surface area contributed by atoms with Gasteiger partial charge in [0.1, 0.15) is 23.4 Å². The highest BCUT2D eigenvalue weighted by Crippen LogP contribution is 2.21. The minimum atomic E-state index is -0.494. The number of ether oxygens (including phenoxy) is 1. The number of amides is 1. The fourth-order valence-corrected chi connectivity index (χ4v) is 4.19. The Hall–Kier alpha value is -3.56. The molecule has 3 N–H and O–H groups in total. The van der Waals surface area contributed by atoms with Crippen molar-refractivity contribution in [1.29, 1.82) is 5.41 Å². The molecule has 1 atom stereocenters. The number of aromatic nitrogens is 2. The number of hydrogen-bond donors (Lipinski definition) is 3. The van der Waals surface area contributed by atoms with Crippen molar-refractivity contribution in [2.75, 3.05) is 41.3 Å². The fourth-order valence-electron chi connectivity index (χ4n) is 4.19. The lowest BCUT2D eigenvalue weighted by molar-refractivity contribution is 0.0240. The number of hydrogen-bond acceptors (Lipinski definition) is 7. The Morgan fingerprint density at radius 2 is 1.81 bits per heavy atom. The number of aryl methyl sites for hydroxylation is 1. The van der Waals surface area contributed by atoms with Gasteiger partial charge in [0.2, 0.25) is 0 Å². The van der Waals surface area contributed by atoms with E-state index in [1.54, 1.807) is 17.3 Å². The van der Waals surface area contributed by atoms with Crippen LogP contribution in [0.4, 0.5) is 22.1 Å². The number of nitrogens with one attached hydrogen (secondary N) is 3. The first-order valence-corrected chi connectivity index (χ1v) is 12.5. The lowest BCUT2D eigenvalue weighted by Crippen LogP contribution is -2.51. The number of nitrogens with zero attached hydrogens (tertiary/aromatic N) is 5. The van der Waals surface area contributed by atoms with Crippen LogP contribution in [-0.2, 0) is 4.74 Å². The molecule has 0 aliphatic carbocycles. The van der Waals surface area contributed by atoms with Crippen LogP contribution in [0.5, 0.6) is 0 Å². The molecule has 3 heterocycles. The van der Waals surface area contributed by atoms with E-state index in [0.717, 1.165) is 17.1 Å². The number of rotatable bonds is 6. The van der Waals surface area contributed by atoms with Crippen molar-refractivity contribution in [3.63, 3.8) is 0 Å². The van der Waals surface area contributed by atoms with Crippen LogP contribution in [0.1, 0.15) is 47.1 Å². The van der Waals surface area contributed by atoms with Gasteiger partial charge in [-0.3, -0.25) is 5.41 Å². The van der Waals surface area contributed by atoms with Crippen molar-refractivity contribution >= 4 is 29.4 Å². The van der Waals surface area contributed by atoms with Gasteiger partial charge in [0.15, 0.2) is 5.96 Å². The Morgan fingerprint density at radius 3 is 2.36 bits per heavy atom. The summed E-state index contributed by atoms with van der Waals surface area (Å²) in [6.45, 7) is 16.5. The van der Waals surface area contributed by atoms with Crippen LogP contribution in [0.3, 0.4) is 0 Å². The smallest absolute Gasteiger partial charge is 0.410 e. The molecule has 36 heavy (non-hydrogen) atoms. The molecular formula is C26H40N8O2. The SMILES string of the molecule is Cc1cccnc1N(C(C)C)C(C)NC(=N)Nc1ccc(N2CCN(C(=O)OC(C)(C)C)CC2)cn1. The third-order valence-electron chi connectivity index (χ3n) is 5.85. The van der Waals surface area contributed by atoms with E-state index in [2.05, 4.69) is 44.2 Å². The molecule has 0 aromatic carbocycles. The first kappa shape index (κ1) is 27.0. The van der Waals surface area contributed by atoms with Crippen molar-refractivity contribution in [3.05, 3.63) is 42.2 Å².